The van der Waals surface area contributed by atoms with Gasteiger partial charge in [0.2, 0.25) is 0 Å². The Morgan fingerprint density at radius 2 is 1.79 bits per heavy atom. The average molecular weight is 427 g/mol. The summed E-state index contributed by atoms with van der Waals surface area (Å²) in [5, 5.41) is 11.0. The second-order valence-electron chi connectivity index (χ2n) is 7.69. The van der Waals surface area contributed by atoms with Crippen LogP contribution in [0.4, 0.5) is 17.6 Å². The van der Waals surface area contributed by atoms with E-state index < -0.39 is 35.9 Å². The maximum Gasteiger partial charge on any atom is 0.417 e. The summed E-state index contributed by atoms with van der Waals surface area (Å²) in [7, 11) is 1.36. The number of halogens is 4. The number of para-hydroxylation sites is 1. The van der Waals surface area contributed by atoms with Gasteiger partial charge in [-0.1, -0.05) is 26.0 Å². The van der Waals surface area contributed by atoms with E-state index >= 15 is 0 Å². The largest absolute Gasteiger partial charge is 0.496 e. The highest BCUT2D eigenvalue weighted by Gasteiger charge is 2.56. The molecule has 0 aliphatic rings. The highest BCUT2D eigenvalue weighted by molar-refractivity contribution is 7.18. The van der Waals surface area contributed by atoms with Crippen LogP contribution in [-0.2, 0) is 11.8 Å². The number of benzene rings is 2. The van der Waals surface area contributed by atoms with Crippen molar-refractivity contribution in [3.63, 3.8) is 0 Å². The molecule has 2 aromatic carbocycles. The molecule has 3 aromatic rings. The SMILES string of the molecule is COc1ccc(F)cc1C(C)(C)CC(O)(Cc1nc2ccccc2s1)C(F)(F)F. The molecule has 3 nitrogen and oxygen atoms in total. The van der Waals surface area contributed by atoms with E-state index in [-0.39, 0.29) is 16.3 Å². The molecule has 0 bridgehead atoms. The first-order valence-electron chi connectivity index (χ1n) is 8.93. The van der Waals surface area contributed by atoms with Gasteiger partial charge in [0, 0.05) is 12.0 Å². The Labute approximate surface area is 170 Å². The summed E-state index contributed by atoms with van der Waals surface area (Å²) in [6.07, 6.45) is -6.27. The number of nitrogens with zero attached hydrogens (tertiary/aromatic N) is 1. The van der Waals surface area contributed by atoms with Crippen LogP contribution >= 0.6 is 11.3 Å². The third-order valence-electron chi connectivity index (χ3n) is 4.93. The van der Waals surface area contributed by atoms with E-state index in [4.69, 9.17) is 4.74 Å². The molecule has 0 fully saturated rings. The van der Waals surface area contributed by atoms with Crippen molar-refractivity contribution in [1.29, 1.82) is 0 Å². The van der Waals surface area contributed by atoms with Crippen LogP contribution in [0.1, 0.15) is 30.8 Å². The average Bonchev–Trinajstić information content (AvgIpc) is 3.02. The Kier molecular flexibility index (Phi) is 5.62. The van der Waals surface area contributed by atoms with Crippen LogP contribution in [0.2, 0.25) is 0 Å². The number of fused-ring (bicyclic) bond motifs is 1. The molecule has 1 heterocycles. The van der Waals surface area contributed by atoms with Crippen molar-refractivity contribution in [3.05, 3.63) is 58.9 Å². The maximum atomic E-state index is 14.0. The van der Waals surface area contributed by atoms with E-state index in [2.05, 4.69) is 4.98 Å². The summed E-state index contributed by atoms with van der Waals surface area (Å²) in [5.41, 5.74) is -3.43. The Bertz CT molecular complexity index is 982. The highest BCUT2D eigenvalue weighted by atomic mass is 32.1. The summed E-state index contributed by atoms with van der Waals surface area (Å²) in [5.74, 6) is -0.323. The van der Waals surface area contributed by atoms with Gasteiger partial charge in [0.05, 0.1) is 22.3 Å². The van der Waals surface area contributed by atoms with E-state index in [0.29, 0.717) is 5.52 Å². The fourth-order valence-corrected chi connectivity index (χ4v) is 4.62. The fraction of sp³-hybridized carbons (Fsp3) is 0.381. The number of ether oxygens (including phenoxy) is 1. The number of aromatic nitrogens is 1. The van der Waals surface area contributed by atoms with Gasteiger partial charge in [-0.3, -0.25) is 0 Å². The van der Waals surface area contributed by atoms with Gasteiger partial charge in [0.1, 0.15) is 11.6 Å². The molecule has 1 unspecified atom stereocenters. The van der Waals surface area contributed by atoms with Gasteiger partial charge in [-0.25, -0.2) is 9.37 Å². The van der Waals surface area contributed by atoms with Crippen molar-refractivity contribution in [2.75, 3.05) is 7.11 Å². The van der Waals surface area contributed by atoms with Crippen LogP contribution in [0, 0.1) is 5.82 Å². The first-order valence-corrected chi connectivity index (χ1v) is 9.74. The Morgan fingerprint density at radius 1 is 1.10 bits per heavy atom. The van der Waals surface area contributed by atoms with Crippen LogP contribution in [0.25, 0.3) is 10.2 Å². The summed E-state index contributed by atoms with van der Waals surface area (Å²) in [4.78, 5) is 4.24. The van der Waals surface area contributed by atoms with Crippen LogP contribution in [0.15, 0.2) is 42.5 Å². The summed E-state index contributed by atoms with van der Waals surface area (Å²) in [6, 6.07) is 10.7. The van der Waals surface area contributed by atoms with Crippen molar-refractivity contribution < 1.29 is 27.4 Å². The van der Waals surface area contributed by atoms with E-state index in [0.717, 1.165) is 22.1 Å². The number of rotatable bonds is 6. The molecular formula is C21H21F4NO2S. The van der Waals surface area contributed by atoms with Crippen LogP contribution in [-0.4, -0.2) is 29.0 Å². The molecule has 0 aliphatic carbocycles. The molecule has 0 saturated carbocycles. The Morgan fingerprint density at radius 3 is 2.41 bits per heavy atom. The lowest BCUT2D eigenvalue weighted by molar-refractivity contribution is -0.266. The second kappa shape index (κ2) is 7.57. The van der Waals surface area contributed by atoms with Crippen molar-refractivity contribution >= 4 is 21.6 Å². The van der Waals surface area contributed by atoms with Gasteiger partial charge < -0.3 is 9.84 Å². The molecular weight excluding hydrogens is 406 g/mol. The fourth-order valence-electron chi connectivity index (χ4n) is 3.54. The number of hydrogen-bond acceptors (Lipinski definition) is 4. The number of thiazole rings is 1. The molecule has 0 saturated heterocycles. The zero-order valence-corrected chi connectivity index (χ0v) is 17.0. The monoisotopic (exact) mass is 427 g/mol. The van der Waals surface area contributed by atoms with Gasteiger partial charge in [0.25, 0.3) is 0 Å². The summed E-state index contributed by atoms with van der Waals surface area (Å²) < 4.78 is 61.7. The normalized spacial score (nSPS) is 14.8. The van der Waals surface area contributed by atoms with E-state index in [1.807, 2.05) is 0 Å². The summed E-state index contributed by atoms with van der Waals surface area (Å²) in [6.45, 7) is 3.05. The minimum absolute atomic E-state index is 0.188. The second-order valence-corrected chi connectivity index (χ2v) is 8.80. The molecule has 1 aromatic heterocycles. The molecule has 0 aliphatic heterocycles. The molecule has 29 heavy (non-hydrogen) atoms. The molecule has 8 heteroatoms. The minimum atomic E-state index is -4.90. The molecule has 1 atom stereocenters. The predicted octanol–water partition coefficient (Wildman–Crippen LogP) is 5.65. The van der Waals surface area contributed by atoms with Crippen molar-refractivity contribution in [1.82, 2.24) is 4.98 Å². The van der Waals surface area contributed by atoms with Crippen molar-refractivity contribution in [2.45, 2.75) is 43.9 Å². The van der Waals surface area contributed by atoms with Gasteiger partial charge in [-0.2, -0.15) is 13.2 Å². The van der Waals surface area contributed by atoms with Gasteiger partial charge in [-0.05, 0) is 42.2 Å². The van der Waals surface area contributed by atoms with Crippen molar-refractivity contribution in [2.24, 2.45) is 0 Å². The first kappa shape index (κ1) is 21.5. The standard InChI is InChI=1S/C21H21F4NO2S/c1-19(2,14-10-13(22)8-9-16(14)28-3)12-20(27,21(23,24)25)11-18-26-15-6-4-5-7-17(15)29-18/h4-10,27H,11-12H2,1-3H3. The number of alkyl halides is 3. The van der Waals surface area contributed by atoms with Gasteiger partial charge >= 0.3 is 6.18 Å². The Hall–Kier alpha value is -2.19. The lowest BCUT2D eigenvalue weighted by Crippen LogP contribution is -2.50. The van der Waals surface area contributed by atoms with Crippen LogP contribution in [0.5, 0.6) is 5.75 Å². The molecule has 0 radical (unpaired) electrons. The summed E-state index contributed by atoms with van der Waals surface area (Å²) >= 11 is 1.12. The zero-order valence-electron chi connectivity index (χ0n) is 16.2. The van der Waals surface area contributed by atoms with E-state index in [1.165, 1.54) is 33.1 Å². The van der Waals surface area contributed by atoms with Crippen LogP contribution in [0.3, 0.4) is 0 Å². The van der Waals surface area contributed by atoms with E-state index in [9.17, 15) is 22.7 Å². The zero-order chi connectivity index (χ0) is 21.4. The molecule has 156 valence electrons. The number of methoxy groups -OCH3 is 1. The third kappa shape index (κ3) is 4.38. The van der Waals surface area contributed by atoms with Gasteiger partial charge in [-0.15, -0.1) is 11.3 Å². The molecule has 0 amide bonds. The first-order chi connectivity index (χ1) is 13.4. The van der Waals surface area contributed by atoms with Crippen molar-refractivity contribution in [3.8, 4) is 5.75 Å². The molecule has 1 N–H and O–H groups in total. The highest BCUT2D eigenvalue weighted by Crippen LogP contribution is 2.45. The smallest absolute Gasteiger partial charge is 0.417 e. The minimum Gasteiger partial charge on any atom is -0.496 e. The van der Waals surface area contributed by atoms with Crippen LogP contribution < -0.4 is 4.74 Å². The maximum absolute atomic E-state index is 14.0. The van der Waals surface area contributed by atoms with Gasteiger partial charge in [0.15, 0.2) is 5.60 Å². The number of aliphatic hydroxyl groups is 1. The predicted molar refractivity (Wildman–Crippen MR) is 105 cm³/mol. The molecule has 3 rings (SSSR count). The lowest BCUT2D eigenvalue weighted by atomic mass is 9.73. The Balaban J connectivity index is 1.99. The van der Waals surface area contributed by atoms with E-state index in [1.54, 1.807) is 24.3 Å². The molecule has 0 spiro atoms. The third-order valence-corrected chi connectivity index (χ3v) is 5.97. The lowest BCUT2D eigenvalue weighted by Gasteiger charge is -2.38. The number of hydrogen-bond donors (Lipinski definition) is 1. The topological polar surface area (TPSA) is 42.4 Å². The quantitative estimate of drug-likeness (QED) is 0.517.